The molecule has 0 radical (unpaired) electrons. The smallest absolute Gasteiger partial charge is 0.110 e. The zero-order valence-electron chi connectivity index (χ0n) is 8.50. The predicted molar refractivity (Wildman–Crippen MR) is 50.6 cm³/mol. The average Bonchev–Trinajstić information content (AvgIpc) is 2.14. The lowest BCUT2D eigenvalue weighted by atomic mass is 9.88. The van der Waals surface area contributed by atoms with E-state index in [0.29, 0.717) is 0 Å². The summed E-state index contributed by atoms with van der Waals surface area (Å²) < 4.78 is 5.41. The highest BCUT2D eigenvalue weighted by Gasteiger charge is 2.43. The summed E-state index contributed by atoms with van der Waals surface area (Å²) in [6, 6.07) is -0.604. The van der Waals surface area contributed by atoms with Crippen molar-refractivity contribution in [1.29, 1.82) is 0 Å². The molecule has 1 rings (SSSR count). The largest absolute Gasteiger partial charge is 0.394 e. The number of ether oxygens (including phenoxy) is 1. The molecule has 0 aromatic heterocycles. The van der Waals surface area contributed by atoms with Crippen LogP contribution in [-0.4, -0.2) is 52.4 Å². The van der Waals surface area contributed by atoms with Crippen LogP contribution in [0.3, 0.4) is 0 Å². The van der Waals surface area contributed by atoms with Crippen LogP contribution in [0.4, 0.5) is 0 Å². The first kappa shape index (κ1) is 11.9. The predicted octanol–water partition coefficient (Wildman–Crippen LogP) is -1.55. The number of rotatable bonds is 2. The summed E-state index contributed by atoms with van der Waals surface area (Å²) in [7, 11) is 0. The summed E-state index contributed by atoms with van der Waals surface area (Å²) in [5.41, 5.74) is 5.71. The second-order valence-electron chi connectivity index (χ2n) is 4.12. The second kappa shape index (κ2) is 4.55. The molecular formula is C9H19NO4. The molecule has 5 heteroatoms. The minimum Gasteiger partial charge on any atom is -0.394 e. The summed E-state index contributed by atoms with van der Waals surface area (Å²) in [4.78, 5) is 0. The molecule has 0 saturated carbocycles. The van der Waals surface area contributed by atoms with Gasteiger partial charge in [-0.3, -0.25) is 0 Å². The monoisotopic (exact) mass is 205 g/mol. The Bertz CT molecular complexity index is 186. The first-order valence-electron chi connectivity index (χ1n) is 4.87. The highest BCUT2D eigenvalue weighted by molar-refractivity contribution is 4.95. The molecule has 1 fully saturated rings. The lowest BCUT2D eigenvalue weighted by Crippen LogP contribution is -2.63. The van der Waals surface area contributed by atoms with Gasteiger partial charge in [0.15, 0.2) is 0 Å². The number of aliphatic hydroxyl groups is 3. The Morgan fingerprint density at radius 3 is 2.29 bits per heavy atom. The van der Waals surface area contributed by atoms with Crippen molar-refractivity contribution in [3.05, 3.63) is 0 Å². The molecule has 1 aliphatic rings. The first-order valence-corrected chi connectivity index (χ1v) is 4.87. The van der Waals surface area contributed by atoms with Crippen molar-refractivity contribution in [2.45, 2.75) is 44.3 Å². The molecule has 5 nitrogen and oxygen atoms in total. The average molecular weight is 205 g/mol. The van der Waals surface area contributed by atoms with Crippen molar-refractivity contribution in [2.75, 3.05) is 6.61 Å². The molecule has 0 bridgehead atoms. The van der Waals surface area contributed by atoms with Gasteiger partial charge in [-0.1, -0.05) is 13.8 Å². The van der Waals surface area contributed by atoms with Crippen LogP contribution in [0.2, 0.25) is 0 Å². The molecule has 1 saturated heterocycles. The topological polar surface area (TPSA) is 95.9 Å². The molecule has 5 atom stereocenters. The Hall–Kier alpha value is -0.200. The SMILES string of the molecule is CC(C)[C@@H]1OC(CO)[C@@H](O)C(O)[C@@H]1N. The summed E-state index contributed by atoms with van der Waals surface area (Å²) in [6.07, 6.45) is -3.21. The van der Waals surface area contributed by atoms with Gasteiger partial charge in [-0.15, -0.1) is 0 Å². The fraction of sp³-hybridized carbons (Fsp3) is 1.00. The van der Waals surface area contributed by atoms with Gasteiger partial charge in [0.05, 0.1) is 18.8 Å². The molecule has 0 aliphatic carbocycles. The molecule has 14 heavy (non-hydrogen) atoms. The van der Waals surface area contributed by atoms with Gasteiger partial charge in [-0.2, -0.15) is 0 Å². The third kappa shape index (κ3) is 2.07. The van der Waals surface area contributed by atoms with Crippen LogP contribution < -0.4 is 5.73 Å². The van der Waals surface area contributed by atoms with Gasteiger partial charge in [-0.05, 0) is 5.92 Å². The van der Waals surface area contributed by atoms with Crippen LogP contribution in [0.1, 0.15) is 13.8 Å². The number of hydrogen-bond acceptors (Lipinski definition) is 5. The maximum atomic E-state index is 9.60. The van der Waals surface area contributed by atoms with E-state index in [4.69, 9.17) is 15.6 Å². The molecule has 84 valence electrons. The van der Waals surface area contributed by atoms with E-state index in [1.165, 1.54) is 0 Å². The van der Waals surface area contributed by atoms with E-state index < -0.39 is 24.4 Å². The molecule has 1 aliphatic heterocycles. The number of aliphatic hydroxyl groups excluding tert-OH is 3. The zero-order valence-corrected chi connectivity index (χ0v) is 8.50. The van der Waals surface area contributed by atoms with E-state index in [-0.39, 0.29) is 18.6 Å². The quantitative estimate of drug-likeness (QED) is 0.438. The molecule has 0 spiro atoms. The van der Waals surface area contributed by atoms with Gasteiger partial charge < -0.3 is 25.8 Å². The molecule has 5 N–H and O–H groups in total. The molecule has 0 aromatic rings. The van der Waals surface area contributed by atoms with Gasteiger partial charge in [0.2, 0.25) is 0 Å². The van der Waals surface area contributed by atoms with Crippen LogP contribution in [0.25, 0.3) is 0 Å². The van der Waals surface area contributed by atoms with Gasteiger partial charge in [0.25, 0.3) is 0 Å². The molecule has 1 heterocycles. The summed E-state index contributed by atoms with van der Waals surface area (Å²) in [5, 5.41) is 28.0. The Morgan fingerprint density at radius 1 is 1.29 bits per heavy atom. The Morgan fingerprint density at radius 2 is 1.86 bits per heavy atom. The summed E-state index contributed by atoms with van der Waals surface area (Å²) in [5.74, 6) is 0.140. The van der Waals surface area contributed by atoms with Gasteiger partial charge in [0.1, 0.15) is 18.3 Å². The zero-order chi connectivity index (χ0) is 10.9. The maximum absolute atomic E-state index is 9.60. The van der Waals surface area contributed by atoms with Crippen LogP contribution in [0, 0.1) is 5.92 Å². The third-order valence-corrected chi connectivity index (χ3v) is 2.67. The molecule has 2 unspecified atom stereocenters. The standard InChI is InChI=1S/C9H19NO4/c1-4(2)9-6(10)8(13)7(12)5(3-11)14-9/h4-9,11-13H,3,10H2,1-2H3/t5?,6-,7+,8?,9-/m0/s1. The van der Waals surface area contributed by atoms with Gasteiger partial charge in [-0.25, -0.2) is 0 Å². The van der Waals surface area contributed by atoms with Crippen LogP contribution in [0.5, 0.6) is 0 Å². The lowest BCUT2D eigenvalue weighted by molar-refractivity contribution is -0.198. The van der Waals surface area contributed by atoms with Crippen LogP contribution >= 0.6 is 0 Å². The van der Waals surface area contributed by atoms with E-state index in [9.17, 15) is 10.2 Å². The summed E-state index contributed by atoms with van der Waals surface area (Å²) in [6.45, 7) is 3.53. The van der Waals surface area contributed by atoms with Crippen molar-refractivity contribution >= 4 is 0 Å². The number of hydrogen-bond donors (Lipinski definition) is 4. The molecular weight excluding hydrogens is 186 g/mol. The highest BCUT2D eigenvalue weighted by atomic mass is 16.5. The van der Waals surface area contributed by atoms with Crippen molar-refractivity contribution in [3.8, 4) is 0 Å². The first-order chi connectivity index (χ1) is 6.49. The summed E-state index contributed by atoms with van der Waals surface area (Å²) >= 11 is 0. The minimum atomic E-state index is -1.11. The van der Waals surface area contributed by atoms with Gasteiger partial charge >= 0.3 is 0 Å². The Labute approximate surface area is 83.5 Å². The fourth-order valence-electron chi connectivity index (χ4n) is 1.77. The highest BCUT2D eigenvalue weighted by Crippen LogP contribution is 2.24. The van der Waals surface area contributed by atoms with E-state index in [1.807, 2.05) is 13.8 Å². The second-order valence-corrected chi connectivity index (χ2v) is 4.12. The van der Waals surface area contributed by atoms with Crippen LogP contribution in [0.15, 0.2) is 0 Å². The minimum absolute atomic E-state index is 0.140. The Kier molecular flexibility index (Phi) is 3.86. The van der Waals surface area contributed by atoms with E-state index >= 15 is 0 Å². The van der Waals surface area contributed by atoms with Crippen molar-refractivity contribution in [1.82, 2.24) is 0 Å². The van der Waals surface area contributed by atoms with Gasteiger partial charge in [0, 0.05) is 0 Å². The normalized spacial score (nSPS) is 44.4. The fourth-order valence-corrected chi connectivity index (χ4v) is 1.77. The third-order valence-electron chi connectivity index (χ3n) is 2.67. The number of nitrogens with two attached hydrogens (primary N) is 1. The van der Waals surface area contributed by atoms with E-state index in [1.54, 1.807) is 0 Å². The van der Waals surface area contributed by atoms with E-state index in [2.05, 4.69) is 0 Å². The maximum Gasteiger partial charge on any atom is 0.110 e. The van der Waals surface area contributed by atoms with Crippen LogP contribution in [-0.2, 0) is 4.74 Å². The Balaban J connectivity index is 2.73. The van der Waals surface area contributed by atoms with E-state index in [0.717, 1.165) is 0 Å². The van der Waals surface area contributed by atoms with Crippen molar-refractivity contribution in [3.63, 3.8) is 0 Å². The molecule has 0 aromatic carbocycles. The lowest BCUT2D eigenvalue weighted by Gasteiger charge is -2.42. The molecule has 0 amide bonds. The van der Waals surface area contributed by atoms with Crippen molar-refractivity contribution in [2.24, 2.45) is 11.7 Å². The van der Waals surface area contributed by atoms with Crippen molar-refractivity contribution < 1.29 is 20.1 Å².